The summed E-state index contributed by atoms with van der Waals surface area (Å²) in [5, 5.41) is 11.1. The van der Waals surface area contributed by atoms with Gasteiger partial charge in [-0.3, -0.25) is 9.78 Å². The third-order valence-corrected chi connectivity index (χ3v) is 3.28. The summed E-state index contributed by atoms with van der Waals surface area (Å²) in [5.41, 5.74) is 2.42. The number of nitrogens with zero attached hydrogens (tertiary/aromatic N) is 4. The molecule has 0 unspecified atom stereocenters. The van der Waals surface area contributed by atoms with E-state index in [4.69, 9.17) is 11.6 Å². The van der Waals surface area contributed by atoms with Gasteiger partial charge in [-0.15, -0.1) is 5.10 Å². The van der Waals surface area contributed by atoms with E-state index in [0.717, 1.165) is 5.56 Å². The Kier molecular flexibility index (Phi) is 3.84. The van der Waals surface area contributed by atoms with Gasteiger partial charge in [-0.2, -0.15) is 0 Å². The van der Waals surface area contributed by atoms with Gasteiger partial charge in [0.25, 0.3) is 5.91 Å². The number of halogens is 1. The summed E-state index contributed by atoms with van der Waals surface area (Å²) in [7, 11) is 0. The molecule has 1 N–H and O–H groups in total. The molecular weight excluding hydrogens is 302 g/mol. The van der Waals surface area contributed by atoms with Crippen molar-refractivity contribution in [3.63, 3.8) is 0 Å². The largest absolute Gasteiger partial charge is 0.319 e. The van der Waals surface area contributed by atoms with Gasteiger partial charge in [0.2, 0.25) is 0 Å². The fraction of sp³-hybridized carbons (Fsp3) is 0.0667. The van der Waals surface area contributed by atoms with Crippen LogP contribution in [0.4, 0.5) is 5.69 Å². The number of rotatable bonds is 3. The Labute approximate surface area is 131 Å². The lowest BCUT2D eigenvalue weighted by molar-refractivity contribution is 0.102. The quantitative estimate of drug-likeness (QED) is 0.807. The molecule has 3 rings (SSSR count). The summed E-state index contributed by atoms with van der Waals surface area (Å²) in [5.74, 6) is -0.356. The van der Waals surface area contributed by atoms with Crippen molar-refractivity contribution in [3.8, 4) is 5.69 Å². The van der Waals surface area contributed by atoms with Gasteiger partial charge >= 0.3 is 0 Å². The molecule has 2 aromatic heterocycles. The second-order valence-electron chi connectivity index (χ2n) is 4.70. The molecule has 0 atom stereocenters. The highest BCUT2D eigenvalue weighted by Gasteiger charge is 2.13. The number of aryl methyl sites for hydroxylation is 1. The first kappa shape index (κ1) is 14.2. The van der Waals surface area contributed by atoms with Crippen LogP contribution >= 0.6 is 11.6 Å². The second kappa shape index (κ2) is 5.95. The molecule has 110 valence electrons. The van der Waals surface area contributed by atoms with Crippen LogP contribution < -0.4 is 5.32 Å². The summed E-state index contributed by atoms with van der Waals surface area (Å²) in [6.07, 6.45) is 4.81. The normalized spacial score (nSPS) is 10.5. The van der Waals surface area contributed by atoms with Crippen LogP contribution in [0.25, 0.3) is 5.69 Å². The lowest BCUT2D eigenvalue weighted by Crippen LogP contribution is -2.12. The van der Waals surface area contributed by atoms with Gasteiger partial charge in [-0.1, -0.05) is 28.9 Å². The van der Waals surface area contributed by atoms with Crippen LogP contribution in [0.5, 0.6) is 0 Å². The smallest absolute Gasteiger partial charge is 0.277 e. The summed E-state index contributed by atoms with van der Waals surface area (Å²) in [4.78, 5) is 16.2. The Morgan fingerprint density at radius 1 is 1.27 bits per heavy atom. The average Bonchev–Trinajstić information content (AvgIpc) is 2.97. The van der Waals surface area contributed by atoms with Gasteiger partial charge in [-0.05, 0) is 30.7 Å². The van der Waals surface area contributed by atoms with Gasteiger partial charge in [0.05, 0.1) is 28.8 Å². The molecule has 7 heteroatoms. The second-order valence-corrected chi connectivity index (χ2v) is 5.11. The maximum Gasteiger partial charge on any atom is 0.277 e. The van der Waals surface area contributed by atoms with Gasteiger partial charge in [0.1, 0.15) is 0 Å². The predicted molar refractivity (Wildman–Crippen MR) is 83.3 cm³/mol. The van der Waals surface area contributed by atoms with E-state index in [0.29, 0.717) is 16.4 Å². The predicted octanol–water partition coefficient (Wildman–Crippen LogP) is 2.88. The van der Waals surface area contributed by atoms with Crippen molar-refractivity contribution in [1.29, 1.82) is 0 Å². The third-order valence-electron chi connectivity index (χ3n) is 2.96. The van der Waals surface area contributed by atoms with Crippen molar-refractivity contribution in [2.24, 2.45) is 0 Å². The number of amides is 1. The lowest BCUT2D eigenvalue weighted by Gasteiger charge is -2.03. The van der Waals surface area contributed by atoms with Crippen molar-refractivity contribution in [3.05, 3.63) is 65.2 Å². The number of pyridine rings is 1. The van der Waals surface area contributed by atoms with Crippen molar-refractivity contribution in [2.45, 2.75) is 6.92 Å². The fourth-order valence-corrected chi connectivity index (χ4v) is 2.16. The SMILES string of the molecule is Cc1cncc(NC(=O)c2cn(-c3ccccc3Cl)nn2)c1. The molecule has 0 bridgehead atoms. The standard InChI is InChI=1S/C15H12ClN5O/c1-10-6-11(8-17-7-10)18-15(22)13-9-21(20-19-13)14-5-3-2-4-12(14)16/h2-9H,1H3,(H,18,22). The molecule has 3 aromatic rings. The molecule has 0 saturated heterocycles. The number of hydrogen-bond donors (Lipinski definition) is 1. The number of nitrogens with one attached hydrogen (secondary N) is 1. The number of anilines is 1. The van der Waals surface area contributed by atoms with E-state index in [1.807, 2.05) is 25.1 Å². The molecule has 0 spiro atoms. The third kappa shape index (κ3) is 2.96. The number of para-hydroxylation sites is 1. The van der Waals surface area contributed by atoms with Crippen LogP contribution in [0.2, 0.25) is 5.02 Å². The molecule has 2 heterocycles. The monoisotopic (exact) mass is 313 g/mol. The minimum atomic E-state index is -0.356. The first-order valence-electron chi connectivity index (χ1n) is 6.54. The van der Waals surface area contributed by atoms with Crippen LogP contribution in [0.1, 0.15) is 16.1 Å². The minimum Gasteiger partial charge on any atom is -0.319 e. The van der Waals surface area contributed by atoms with Gasteiger partial charge in [-0.25, -0.2) is 4.68 Å². The highest BCUT2D eigenvalue weighted by Crippen LogP contribution is 2.19. The van der Waals surface area contributed by atoms with Crippen molar-refractivity contribution < 1.29 is 4.79 Å². The summed E-state index contributed by atoms with van der Waals surface area (Å²) in [6.45, 7) is 1.90. The lowest BCUT2D eigenvalue weighted by atomic mass is 10.3. The van der Waals surface area contributed by atoms with Crippen LogP contribution in [0, 0.1) is 6.92 Å². The summed E-state index contributed by atoms with van der Waals surface area (Å²) < 4.78 is 1.46. The minimum absolute atomic E-state index is 0.196. The van der Waals surface area contributed by atoms with Crippen molar-refractivity contribution in [1.82, 2.24) is 20.0 Å². The molecule has 0 radical (unpaired) electrons. The Morgan fingerprint density at radius 2 is 2.09 bits per heavy atom. The zero-order valence-corrected chi connectivity index (χ0v) is 12.4. The summed E-state index contributed by atoms with van der Waals surface area (Å²) in [6, 6.07) is 9.02. The number of aromatic nitrogens is 4. The van der Waals surface area contributed by atoms with E-state index >= 15 is 0 Å². The van der Waals surface area contributed by atoms with E-state index in [1.54, 1.807) is 24.5 Å². The molecule has 0 fully saturated rings. The van der Waals surface area contributed by atoms with E-state index in [1.165, 1.54) is 10.9 Å². The molecule has 1 aromatic carbocycles. The molecular formula is C15H12ClN5O. The van der Waals surface area contributed by atoms with E-state index < -0.39 is 0 Å². The van der Waals surface area contributed by atoms with E-state index in [-0.39, 0.29) is 11.6 Å². The maximum absolute atomic E-state index is 12.2. The molecule has 1 amide bonds. The van der Waals surface area contributed by atoms with Crippen LogP contribution in [-0.4, -0.2) is 25.9 Å². The first-order valence-corrected chi connectivity index (χ1v) is 6.91. The van der Waals surface area contributed by atoms with Gasteiger partial charge < -0.3 is 5.32 Å². The molecule has 22 heavy (non-hydrogen) atoms. The first-order chi connectivity index (χ1) is 10.6. The van der Waals surface area contributed by atoms with Gasteiger partial charge in [0, 0.05) is 6.20 Å². The molecule has 0 aliphatic carbocycles. The maximum atomic E-state index is 12.2. The van der Waals surface area contributed by atoms with Gasteiger partial charge in [0.15, 0.2) is 5.69 Å². The summed E-state index contributed by atoms with van der Waals surface area (Å²) >= 11 is 6.10. The Hall–Kier alpha value is -2.73. The Balaban J connectivity index is 1.82. The highest BCUT2D eigenvalue weighted by molar-refractivity contribution is 6.32. The van der Waals surface area contributed by atoms with E-state index in [9.17, 15) is 4.79 Å². The highest BCUT2D eigenvalue weighted by atomic mass is 35.5. The van der Waals surface area contributed by atoms with Crippen molar-refractivity contribution >= 4 is 23.2 Å². The van der Waals surface area contributed by atoms with Crippen LogP contribution in [0.15, 0.2) is 48.9 Å². The fourth-order valence-electron chi connectivity index (χ4n) is 1.94. The Bertz CT molecular complexity index is 830. The topological polar surface area (TPSA) is 72.7 Å². The number of carbonyl (C=O) groups excluding carboxylic acids is 1. The molecule has 0 saturated carbocycles. The zero-order chi connectivity index (χ0) is 15.5. The Morgan fingerprint density at radius 3 is 2.86 bits per heavy atom. The van der Waals surface area contributed by atoms with Crippen LogP contribution in [-0.2, 0) is 0 Å². The molecule has 0 aliphatic heterocycles. The average molecular weight is 314 g/mol. The zero-order valence-electron chi connectivity index (χ0n) is 11.7. The van der Waals surface area contributed by atoms with Crippen LogP contribution in [0.3, 0.4) is 0 Å². The van der Waals surface area contributed by atoms with Crippen molar-refractivity contribution in [2.75, 3.05) is 5.32 Å². The number of benzene rings is 1. The molecule has 0 aliphatic rings. The molecule has 6 nitrogen and oxygen atoms in total. The number of hydrogen-bond acceptors (Lipinski definition) is 4. The van der Waals surface area contributed by atoms with E-state index in [2.05, 4.69) is 20.6 Å². The number of carbonyl (C=O) groups is 1.